The Hall–Kier alpha value is -2.08. The van der Waals surface area contributed by atoms with Crippen molar-refractivity contribution in [3.8, 4) is 16.9 Å². The van der Waals surface area contributed by atoms with Crippen LogP contribution in [0.15, 0.2) is 42.7 Å². The molecule has 0 radical (unpaired) electrons. The molecule has 0 spiro atoms. The lowest BCUT2D eigenvalue weighted by Crippen LogP contribution is -2.20. The smallest absolute Gasteiger partial charge is 0.137 e. The summed E-state index contributed by atoms with van der Waals surface area (Å²) in [6, 6.07) is 9.77. The van der Waals surface area contributed by atoms with Gasteiger partial charge in [-0.2, -0.15) is 0 Å². The first-order valence-electron chi connectivity index (χ1n) is 8.31. The van der Waals surface area contributed by atoms with Crippen LogP contribution in [0.25, 0.3) is 22.2 Å². The number of benzene rings is 1. The molecule has 5 nitrogen and oxygen atoms in total. The molecule has 130 valence electrons. The predicted molar refractivity (Wildman–Crippen MR) is 97.2 cm³/mol. The second kappa shape index (κ2) is 7.44. The lowest BCUT2D eigenvalue weighted by molar-refractivity contribution is 0.101. The molecule has 1 N–H and O–H groups in total. The van der Waals surface area contributed by atoms with Crippen LogP contribution >= 0.6 is 11.6 Å². The van der Waals surface area contributed by atoms with Gasteiger partial charge in [0.05, 0.1) is 33.0 Å². The standard InChI is InChI=1S/C19H19ClN2O3/c20-15-7-14(17-1-3-21-19-18(17)2-4-22-19)8-16(9-15)25-12-13-10-23-5-6-24-11-13/h1-4,7-9,13H,5-6,10-12H2,(H,21,22). The first-order chi connectivity index (χ1) is 12.3. The summed E-state index contributed by atoms with van der Waals surface area (Å²) in [4.78, 5) is 7.46. The highest BCUT2D eigenvalue weighted by Crippen LogP contribution is 2.32. The molecular weight excluding hydrogens is 340 g/mol. The molecule has 25 heavy (non-hydrogen) atoms. The van der Waals surface area contributed by atoms with Crippen LogP contribution in [0, 0.1) is 5.92 Å². The van der Waals surface area contributed by atoms with Gasteiger partial charge in [0, 0.05) is 28.7 Å². The number of nitrogens with zero attached hydrogens (tertiary/aromatic N) is 1. The van der Waals surface area contributed by atoms with E-state index >= 15 is 0 Å². The maximum Gasteiger partial charge on any atom is 0.137 e. The fraction of sp³-hybridized carbons (Fsp3) is 0.316. The van der Waals surface area contributed by atoms with E-state index in [-0.39, 0.29) is 5.92 Å². The third-order valence-electron chi connectivity index (χ3n) is 4.21. The van der Waals surface area contributed by atoms with Gasteiger partial charge in [-0.25, -0.2) is 4.98 Å². The largest absolute Gasteiger partial charge is 0.493 e. The minimum absolute atomic E-state index is 0.224. The zero-order valence-corrected chi connectivity index (χ0v) is 14.5. The highest BCUT2D eigenvalue weighted by atomic mass is 35.5. The second-order valence-corrected chi connectivity index (χ2v) is 6.54. The van der Waals surface area contributed by atoms with Crippen LogP contribution in [0.5, 0.6) is 5.75 Å². The van der Waals surface area contributed by atoms with Crippen molar-refractivity contribution in [1.29, 1.82) is 0 Å². The first kappa shape index (κ1) is 16.4. The lowest BCUT2D eigenvalue weighted by Gasteiger charge is -2.15. The summed E-state index contributed by atoms with van der Waals surface area (Å²) in [5, 5.41) is 1.70. The molecular formula is C19H19ClN2O3. The number of aromatic nitrogens is 2. The number of ether oxygens (including phenoxy) is 3. The van der Waals surface area contributed by atoms with Crippen LogP contribution in [-0.4, -0.2) is 43.0 Å². The van der Waals surface area contributed by atoms with Crippen LogP contribution < -0.4 is 4.74 Å². The molecule has 0 atom stereocenters. The Kier molecular flexibility index (Phi) is 4.88. The average molecular weight is 359 g/mol. The van der Waals surface area contributed by atoms with E-state index in [4.69, 9.17) is 25.8 Å². The summed E-state index contributed by atoms with van der Waals surface area (Å²) in [5.41, 5.74) is 2.93. The number of hydrogen-bond donors (Lipinski definition) is 1. The van der Waals surface area contributed by atoms with E-state index in [2.05, 4.69) is 9.97 Å². The third kappa shape index (κ3) is 3.79. The van der Waals surface area contributed by atoms with Crippen molar-refractivity contribution in [2.75, 3.05) is 33.0 Å². The van der Waals surface area contributed by atoms with Gasteiger partial charge in [0.2, 0.25) is 0 Å². The first-order valence-corrected chi connectivity index (χ1v) is 8.69. The quantitative estimate of drug-likeness (QED) is 0.767. The van der Waals surface area contributed by atoms with Crippen molar-refractivity contribution in [1.82, 2.24) is 9.97 Å². The van der Waals surface area contributed by atoms with E-state index in [9.17, 15) is 0 Å². The van der Waals surface area contributed by atoms with E-state index in [0.717, 1.165) is 27.9 Å². The number of halogens is 1. The molecule has 1 aromatic carbocycles. The molecule has 0 saturated carbocycles. The number of aromatic amines is 1. The van der Waals surface area contributed by atoms with E-state index in [0.29, 0.717) is 38.1 Å². The van der Waals surface area contributed by atoms with Crippen molar-refractivity contribution in [3.05, 3.63) is 47.7 Å². The molecule has 0 bridgehead atoms. The van der Waals surface area contributed by atoms with Crippen LogP contribution in [0.2, 0.25) is 5.02 Å². The van der Waals surface area contributed by atoms with Crippen molar-refractivity contribution in [2.24, 2.45) is 5.92 Å². The number of rotatable bonds is 4. The van der Waals surface area contributed by atoms with Gasteiger partial charge in [-0.3, -0.25) is 0 Å². The minimum Gasteiger partial charge on any atom is -0.493 e. The third-order valence-corrected chi connectivity index (χ3v) is 4.43. The minimum atomic E-state index is 0.224. The molecule has 2 aromatic heterocycles. The zero-order valence-electron chi connectivity index (χ0n) is 13.7. The summed E-state index contributed by atoms with van der Waals surface area (Å²) in [6.45, 7) is 3.14. The maximum absolute atomic E-state index is 6.32. The number of hydrogen-bond acceptors (Lipinski definition) is 4. The Labute approximate surface area is 150 Å². The van der Waals surface area contributed by atoms with Gasteiger partial charge in [0.25, 0.3) is 0 Å². The Morgan fingerprint density at radius 2 is 2.00 bits per heavy atom. The molecule has 0 unspecified atom stereocenters. The van der Waals surface area contributed by atoms with Crippen molar-refractivity contribution in [3.63, 3.8) is 0 Å². The Bertz CT molecular complexity index is 857. The summed E-state index contributed by atoms with van der Waals surface area (Å²) in [6.07, 6.45) is 3.67. The van der Waals surface area contributed by atoms with Crippen LogP contribution in [0.4, 0.5) is 0 Å². The molecule has 1 fully saturated rings. The molecule has 0 aliphatic carbocycles. The number of nitrogens with one attached hydrogen (secondary N) is 1. The van der Waals surface area contributed by atoms with Gasteiger partial charge in [-0.15, -0.1) is 0 Å². The summed E-state index contributed by atoms with van der Waals surface area (Å²) < 4.78 is 17.0. The summed E-state index contributed by atoms with van der Waals surface area (Å²) >= 11 is 6.32. The zero-order chi connectivity index (χ0) is 17.1. The average Bonchev–Trinajstić information content (AvgIpc) is 2.95. The second-order valence-electron chi connectivity index (χ2n) is 6.10. The molecule has 1 aliphatic rings. The number of H-pyrrole nitrogens is 1. The highest BCUT2D eigenvalue weighted by molar-refractivity contribution is 6.31. The molecule has 1 saturated heterocycles. The molecule has 3 aromatic rings. The van der Waals surface area contributed by atoms with Crippen molar-refractivity contribution in [2.45, 2.75) is 0 Å². The predicted octanol–water partition coefficient (Wildman–Crippen LogP) is 3.93. The van der Waals surface area contributed by atoms with Gasteiger partial charge in [0.15, 0.2) is 0 Å². The van der Waals surface area contributed by atoms with Gasteiger partial charge in [0.1, 0.15) is 11.4 Å². The molecule has 6 heteroatoms. The Morgan fingerprint density at radius 3 is 2.84 bits per heavy atom. The molecule has 3 heterocycles. The number of fused-ring (bicyclic) bond motifs is 1. The van der Waals surface area contributed by atoms with E-state index < -0.39 is 0 Å². The van der Waals surface area contributed by atoms with Crippen LogP contribution in [0.3, 0.4) is 0 Å². The SMILES string of the molecule is Clc1cc(OCC2COCCOC2)cc(-c2ccnc3[nH]ccc23)c1. The van der Waals surface area contributed by atoms with Crippen LogP contribution in [0.1, 0.15) is 0 Å². The fourth-order valence-electron chi connectivity index (χ4n) is 2.99. The van der Waals surface area contributed by atoms with Gasteiger partial charge >= 0.3 is 0 Å². The topological polar surface area (TPSA) is 56.4 Å². The van der Waals surface area contributed by atoms with Gasteiger partial charge < -0.3 is 19.2 Å². The monoisotopic (exact) mass is 358 g/mol. The molecule has 4 rings (SSSR count). The number of pyridine rings is 1. The van der Waals surface area contributed by atoms with E-state index in [1.165, 1.54) is 0 Å². The van der Waals surface area contributed by atoms with E-state index in [1.807, 2.05) is 36.5 Å². The highest BCUT2D eigenvalue weighted by Gasteiger charge is 2.15. The fourth-order valence-corrected chi connectivity index (χ4v) is 3.22. The van der Waals surface area contributed by atoms with Crippen molar-refractivity contribution >= 4 is 22.6 Å². The van der Waals surface area contributed by atoms with E-state index in [1.54, 1.807) is 6.20 Å². The maximum atomic E-state index is 6.32. The Balaban J connectivity index is 1.57. The Morgan fingerprint density at radius 1 is 1.16 bits per heavy atom. The summed E-state index contributed by atoms with van der Waals surface area (Å²) in [7, 11) is 0. The van der Waals surface area contributed by atoms with Crippen LogP contribution in [-0.2, 0) is 9.47 Å². The lowest BCUT2D eigenvalue weighted by atomic mass is 10.0. The molecule has 0 amide bonds. The van der Waals surface area contributed by atoms with Gasteiger partial charge in [-0.1, -0.05) is 11.6 Å². The molecule has 1 aliphatic heterocycles. The summed E-state index contributed by atoms with van der Waals surface area (Å²) in [5.74, 6) is 0.967. The van der Waals surface area contributed by atoms with Gasteiger partial charge in [-0.05, 0) is 41.5 Å². The van der Waals surface area contributed by atoms with Crippen molar-refractivity contribution < 1.29 is 14.2 Å². The normalized spacial score (nSPS) is 16.0.